The SMILES string of the molecule is C/N=C\C=C(\C)S. The highest BCUT2D eigenvalue weighted by Crippen LogP contribution is 1.92. The first kappa shape index (κ1) is 6.76. The quantitative estimate of drug-likeness (QED) is 0.393. The van der Waals surface area contributed by atoms with E-state index < -0.39 is 0 Å². The summed E-state index contributed by atoms with van der Waals surface area (Å²) in [6, 6.07) is 0. The minimum Gasteiger partial charge on any atom is -0.296 e. The molecule has 0 N–H and O–H groups in total. The number of nitrogens with zero attached hydrogens (tertiary/aromatic N) is 1. The molecule has 0 atom stereocenters. The van der Waals surface area contributed by atoms with Gasteiger partial charge in [0.15, 0.2) is 0 Å². The number of hydrogen-bond donors (Lipinski definition) is 1. The third kappa shape index (κ3) is 5.76. The summed E-state index contributed by atoms with van der Waals surface area (Å²) in [5, 5.41) is 0. The molecule has 0 aromatic rings. The first-order chi connectivity index (χ1) is 3.27. The Labute approximate surface area is 49.6 Å². The molecular weight excluding hydrogens is 106 g/mol. The molecule has 0 bridgehead atoms. The minimum absolute atomic E-state index is 0.977. The fourth-order valence-electron chi connectivity index (χ4n) is 0.182. The van der Waals surface area contributed by atoms with E-state index in [0.717, 1.165) is 4.91 Å². The van der Waals surface area contributed by atoms with Crippen LogP contribution in [0.4, 0.5) is 0 Å². The normalized spacial score (nSPS) is 13.3. The lowest BCUT2D eigenvalue weighted by atomic mass is 10.5. The van der Waals surface area contributed by atoms with Gasteiger partial charge < -0.3 is 0 Å². The van der Waals surface area contributed by atoms with Crippen LogP contribution in [0.2, 0.25) is 0 Å². The summed E-state index contributed by atoms with van der Waals surface area (Å²) in [7, 11) is 1.73. The van der Waals surface area contributed by atoms with E-state index in [2.05, 4.69) is 17.6 Å². The van der Waals surface area contributed by atoms with Crippen molar-refractivity contribution in [3.63, 3.8) is 0 Å². The van der Waals surface area contributed by atoms with Crippen molar-refractivity contribution in [1.82, 2.24) is 0 Å². The van der Waals surface area contributed by atoms with E-state index >= 15 is 0 Å². The largest absolute Gasteiger partial charge is 0.296 e. The lowest BCUT2D eigenvalue weighted by molar-refractivity contribution is 1.47. The van der Waals surface area contributed by atoms with Crippen LogP contribution in [0.25, 0.3) is 0 Å². The highest BCUT2D eigenvalue weighted by molar-refractivity contribution is 7.84. The van der Waals surface area contributed by atoms with Crippen molar-refractivity contribution in [1.29, 1.82) is 0 Å². The van der Waals surface area contributed by atoms with Crippen LogP contribution < -0.4 is 0 Å². The maximum atomic E-state index is 4.00. The Morgan fingerprint density at radius 2 is 2.29 bits per heavy atom. The molecule has 2 heteroatoms. The van der Waals surface area contributed by atoms with Crippen LogP contribution >= 0.6 is 12.6 Å². The maximum absolute atomic E-state index is 4.00. The summed E-state index contributed by atoms with van der Waals surface area (Å²) in [4.78, 5) is 4.70. The minimum atomic E-state index is 0.977. The van der Waals surface area contributed by atoms with Crippen LogP contribution in [0.1, 0.15) is 6.92 Å². The lowest BCUT2D eigenvalue weighted by Crippen LogP contribution is -1.62. The van der Waals surface area contributed by atoms with Crippen LogP contribution in [-0.2, 0) is 0 Å². The van der Waals surface area contributed by atoms with Gasteiger partial charge in [0.2, 0.25) is 0 Å². The number of thiol groups is 1. The average Bonchev–Trinajstić information content (AvgIpc) is 1.61. The third-order valence-electron chi connectivity index (χ3n) is 0.465. The Kier molecular flexibility index (Phi) is 3.80. The Balaban J connectivity index is 3.46. The van der Waals surface area contributed by atoms with Gasteiger partial charge >= 0.3 is 0 Å². The lowest BCUT2D eigenvalue weighted by Gasteiger charge is -1.76. The van der Waals surface area contributed by atoms with Gasteiger partial charge in [-0.2, -0.15) is 0 Å². The molecule has 0 rings (SSSR count). The molecule has 0 saturated heterocycles. The second-order valence-electron chi connectivity index (χ2n) is 1.22. The second-order valence-corrected chi connectivity index (χ2v) is 1.92. The van der Waals surface area contributed by atoms with E-state index in [0.29, 0.717) is 0 Å². The fourth-order valence-corrected chi connectivity index (χ4v) is 0.249. The van der Waals surface area contributed by atoms with E-state index in [1.165, 1.54) is 0 Å². The monoisotopic (exact) mass is 115 g/mol. The summed E-state index contributed by atoms with van der Waals surface area (Å²) in [5.41, 5.74) is 0. The Morgan fingerprint density at radius 3 is 2.43 bits per heavy atom. The molecule has 0 heterocycles. The highest BCUT2D eigenvalue weighted by Gasteiger charge is 1.67. The van der Waals surface area contributed by atoms with Crippen molar-refractivity contribution in [2.45, 2.75) is 6.92 Å². The Hall–Kier alpha value is -0.240. The van der Waals surface area contributed by atoms with E-state index in [1.807, 2.05) is 13.0 Å². The van der Waals surface area contributed by atoms with Crippen LogP contribution in [0.3, 0.4) is 0 Å². The van der Waals surface area contributed by atoms with Crippen LogP contribution in [-0.4, -0.2) is 13.3 Å². The molecule has 0 radical (unpaired) electrons. The number of hydrogen-bond acceptors (Lipinski definition) is 2. The van der Waals surface area contributed by atoms with Gasteiger partial charge in [-0.1, -0.05) is 0 Å². The predicted molar refractivity (Wildman–Crippen MR) is 37.2 cm³/mol. The van der Waals surface area contributed by atoms with Gasteiger partial charge in [0.1, 0.15) is 0 Å². The zero-order valence-corrected chi connectivity index (χ0v) is 5.44. The molecule has 7 heavy (non-hydrogen) atoms. The van der Waals surface area contributed by atoms with Gasteiger partial charge in [-0.25, -0.2) is 0 Å². The Bertz CT molecular complexity index is 90.3. The van der Waals surface area contributed by atoms with Crippen molar-refractivity contribution in [2.24, 2.45) is 4.99 Å². The van der Waals surface area contributed by atoms with Crippen molar-refractivity contribution >= 4 is 18.8 Å². The Morgan fingerprint density at radius 1 is 1.71 bits per heavy atom. The summed E-state index contributed by atoms with van der Waals surface area (Å²) in [6.45, 7) is 1.91. The maximum Gasteiger partial charge on any atom is 0.0277 e. The third-order valence-corrected chi connectivity index (χ3v) is 0.614. The van der Waals surface area contributed by atoms with Crippen LogP contribution in [0.5, 0.6) is 0 Å². The smallest absolute Gasteiger partial charge is 0.0277 e. The standard InChI is InChI=1S/C5H9NS/c1-5(7)3-4-6-2/h3-4,7H,1-2H3/b5-3-,6-4-. The van der Waals surface area contributed by atoms with Crippen LogP contribution in [0.15, 0.2) is 16.0 Å². The van der Waals surface area contributed by atoms with Crippen molar-refractivity contribution in [3.05, 3.63) is 11.0 Å². The molecule has 40 valence electrons. The molecular formula is C5H9NS. The first-order valence-electron chi connectivity index (χ1n) is 2.05. The zero-order valence-electron chi connectivity index (χ0n) is 4.55. The molecule has 0 aromatic carbocycles. The number of allylic oxidation sites excluding steroid dienone is 2. The van der Waals surface area contributed by atoms with Crippen molar-refractivity contribution < 1.29 is 0 Å². The van der Waals surface area contributed by atoms with Gasteiger partial charge in [-0.3, -0.25) is 4.99 Å². The van der Waals surface area contributed by atoms with Gasteiger partial charge in [-0.05, 0) is 17.9 Å². The van der Waals surface area contributed by atoms with Crippen molar-refractivity contribution in [3.8, 4) is 0 Å². The summed E-state index contributed by atoms with van der Waals surface area (Å²) in [5.74, 6) is 0. The van der Waals surface area contributed by atoms with E-state index in [4.69, 9.17) is 0 Å². The molecule has 0 unspecified atom stereocenters. The van der Waals surface area contributed by atoms with Gasteiger partial charge in [0.25, 0.3) is 0 Å². The molecule has 0 spiro atoms. The second kappa shape index (κ2) is 3.93. The summed E-state index contributed by atoms with van der Waals surface area (Å²) < 4.78 is 0. The van der Waals surface area contributed by atoms with Crippen LogP contribution in [0, 0.1) is 0 Å². The van der Waals surface area contributed by atoms with Crippen molar-refractivity contribution in [2.75, 3.05) is 7.05 Å². The molecule has 0 aliphatic heterocycles. The van der Waals surface area contributed by atoms with Gasteiger partial charge in [0.05, 0.1) is 0 Å². The molecule has 0 aliphatic rings. The molecule has 0 aliphatic carbocycles. The first-order valence-corrected chi connectivity index (χ1v) is 2.50. The molecule has 0 saturated carbocycles. The van der Waals surface area contributed by atoms with E-state index in [9.17, 15) is 0 Å². The molecule has 0 fully saturated rings. The zero-order chi connectivity index (χ0) is 5.70. The predicted octanol–water partition coefficient (Wildman–Crippen LogP) is 1.52. The number of rotatable bonds is 1. The summed E-state index contributed by atoms with van der Waals surface area (Å²) in [6.07, 6.45) is 3.55. The highest BCUT2D eigenvalue weighted by atomic mass is 32.1. The fraction of sp³-hybridized carbons (Fsp3) is 0.400. The number of aliphatic imine (C=N–C) groups is 1. The topological polar surface area (TPSA) is 12.4 Å². The summed E-state index contributed by atoms with van der Waals surface area (Å²) >= 11 is 4.00. The molecule has 0 aromatic heterocycles. The average molecular weight is 115 g/mol. The molecule has 0 amide bonds. The van der Waals surface area contributed by atoms with Gasteiger partial charge in [-0.15, -0.1) is 12.6 Å². The van der Waals surface area contributed by atoms with Gasteiger partial charge in [0, 0.05) is 13.3 Å². The van der Waals surface area contributed by atoms with E-state index in [-0.39, 0.29) is 0 Å². The van der Waals surface area contributed by atoms with E-state index in [1.54, 1.807) is 13.3 Å². The molecule has 1 nitrogen and oxygen atoms in total.